The first-order chi connectivity index (χ1) is 8.30. The minimum atomic E-state index is -0.689. The van der Waals surface area contributed by atoms with Crippen molar-refractivity contribution in [1.29, 1.82) is 0 Å². The van der Waals surface area contributed by atoms with E-state index in [0.717, 1.165) is 5.92 Å². The summed E-state index contributed by atoms with van der Waals surface area (Å²) in [4.78, 5) is 13.2. The highest BCUT2D eigenvalue weighted by Crippen LogP contribution is 2.29. The molecule has 0 amide bonds. The summed E-state index contributed by atoms with van der Waals surface area (Å²) in [5.74, 6) is 0.141. The van der Waals surface area contributed by atoms with Gasteiger partial charge in [0.15, 0.2) is 0 Å². The molecule has 0 radical (unpaired) electrons. The van der Waals surface area contributed by atoms with Crippen molar-refractivity contribution in [3.8, 4) is 0 Å². The molecule has 3 heteroatoms. The van der Waals surface area contributed by atoms with Crippen molar-refractivity contribution in [3.05, 3.63) is 0 Å². The van der Waals surface area contributed by atoms with Gasteiger partial charge in [-0.1, -0.05) is 19.8 Å². The summed E-state index contributed by atoms with van der Waals surface area (Å²) in [5.41, 5.74) is 0.0632. The maximum Gasteiger partial charge on any atom is 0.304 e. The summed E-state index contributed by atoms with van der Waals surface area (Å²) in [6.07, 6.45) is 6.59. The minimum Gasteiger partial charge on any atom is -0.481 e. The molecule has 0 saturated heterocycles. The van der Waals surface area contributed by atoms with Gasteiger partial charge in [0.1, 0.15) is 0 Å². The Morgan fingerprint density at radius 2 is 1.89 bits per heavy atom. The van der Waals surface area contributed by atoms with E-state index in [1.54, 1.807) is 0 Å². The second-order valence-electron chi connectivity index (χ2n) is 6.78. The van der Waals surface area contributed by atoms with Crippen LogP contribution in [0.3, 0.4) is 0 Å². The van der Waals surface area contributed by atoms with E-state index in [4.69, 9.17) is 5.11 Å². The molecule has 1 aliphatic rings. The molecule has 0 aliphatic heterocycles. The zero-order chi connectivity index (χ0) is 13.8. The van der Waals surface area contributed by atoms with Crippen LogP contribution < -0.4 is 0 Å². The molecule has 0 heterocycles. The third-order valence-corrected chi connectivity index (χ3v) is 4.10. The van der Waals surface area contributed by atoms with Crippen molar-refractivity contribution in [2.24, 2.45) is 5.92 Å². The van der Waals surface area contributed by atoms with Gasteiger partial charge in [-0.3, -0.25) is 9.69 Å². The van der Waals surface area contributed by atoms with Crippen LogP contribution >= 0.6 is 0 Å². The van der Waals surface area contributed by atoms with E-state index in [1.807, 2.05) is 0 Å². The molecule has 0 spiro atoms. The molecule has 0 aromatic rings. The second-order valence-corrected chi connectivity index (χ2v) is 6.78. The Labute approximate surface area is 112 Å². The first-order valence-corrected chi connectivity index (χ1v) is 7.29. The van der Waals surface area contributed by atoms with Gasteiger partial charge in [0.25, 0.3) is 0 Å². The maximum atomic E-state index is 10.8. The summed E-state index contributed by atoms with van der Waals surface area (Å²) < 4.78 is 0. The summed E-state index contributed by atoms with van der Waals surface area (Å²) >= 11 is 0. The Bertz CT molecular complexity index is 270. The van der Waals surface area contributed by atoms with E-state index in [9.17, 15) is 4.79 Å². The molecule has 1 aliphatic carbocycles. The Morgan fingerprint density at radius 1 is 1.22 bits per heavy atom. The van der Waals surface area contributed by atoms with Crippen molar-refractivity contribution in [2.45, 2.75) is 77.8 Å². The SMILES string of the molecule is CC1CCCC(N(CCC(=O)O)C(C)(C)C)CC1. The number of aliphatic carboxylic acids is 1. The number of nitrogens with zero attached hydrogens (tertiary/aromatic N) is 1. The molecule has 0 aromatic heterocycles. The van der Waals surface area contributed by atoms with E-state index in [0.29, 0.717) is 12.6 Å². The van der Waals surface area contributed by atoms with Gasteiger partial charge in [0, 0.05) is 18.1 Å². The topological polar surface area (TPSA) is 40.5 Å². The predicted octanol–water partition coefficient (Wildman–Crippen LogP) is 3.53. The van der Waals surface area contributed by atoms with Crippen LogP contribution in [0.25, 0.3) is 0 Å². The Hall–Kier alpha value is -0.570. The number of hydrogen-bond donors (Lipinski definition) is 1. The van der Waals surface area contributed by atoms with Crippen molar-refractivity contribution in [2.75, 3.05) is 6.54 Å². The molecule has 1 rings (SSSR count). The predicted molar refractivity (Wildman–Crippen MR) is 74.7 cm³/mol. The van der Waals surface area contributed by atoms with Gasteiger partial charge >= 0.3 is 5.97 Å². The fraction of sp³-hybridized carbons (Fsp3) is 0.933. The van der Waals surface area contributed by atoms with Crippen LogP contribution in [0.2, 0.25) is 0 Å². The van der Waals surface area contributed by atoms with Crippen LogP contribution in [0.15, 0.2) is 0 Å². The number of rotatable bonds is 4. The number of carboxylic acid groups (broad SMARTS) is 1. The molecule has 2 atom stereocenters. The lowest BCUT2D eigenvalue weighted by atomic mass is 9.97. The first kappa shape index (κ1) is 15.5. The summed E-state index contributed by atoms with van der Waals surface area (Å²) in [6.45, 7) is 9.61. The van der Waals surface area contributed by atoms with Gasteiger partial charge in [-0.25, -0.2) is 0 Å². The van der Waals surface area contributed by atoms with E-state index in [-0.39, 0.29) is 12.0 Å². The zero-order valence-corrected chi connectivity index (χ0v) is 12.4. The van der Waals surface area contributed by atoms with Gasteiger partial charge in [-0.2, -0.15) is 0 Å². The van der Waals surface area contributed by atoms with Gasteiger partial charge in [-0.05, 0) is 46.0 Å². The molecule has 2 unspecified atom stereocenters. The van der Waals surface area contributed by atoms with Crippen LogP contribution in [0, 0.1) is 5.92 Å². The van der Waals surface area contributed by atoms with E-state index >= 15 is 0 Å². The lowest BCUT2D eigenvalue weighted by molar-refractivity contribution is -0.137. The molecular weight excluding hydrogens is 226 g/mol. The molecule has 106 valence electrons. The summed E-state index contributed by atoms with van der Waals surface area (Å²) in [6, 6.07) is 0.564. The third kappa shape index (κ3) is 4.97. The van der Waals surface area contributed by atoms with Crippen LogP contribution in [-0.4, -0.2) is 34.1 Å². The van der Waals surface area contributed by atoms with Crippen molar-refractivity contribution >= 4 is 5.97 Å². The standard InChI is InChI=1S/C15H29NO2/c1-12-6-5-7-13(9-8-12)16(15(2,3)4)11-10-14(17)18/h12-13H,5-11H2,1-4H3,(H,17,18). The van der Waals surface area contributed by atoms with Crippen molar-refractivity contribution in [3.63, 3.8) is 0 Å². The fourth-order valence-corrected chi connectivity index (χ4v) is 3.06. The molecule has 18 heavy (non-hydrogen) atoms. The molecule has 1 fully saturated rings. The lowest BCUT2D eigenvalue weighted by Gasteiger charge is -2.41. The number of carbonyl (C=O) groups is 1. The molecular formula is C15H29NO2. The van der Waals surface area contributed by atoms with Crippen LogP contribution in [0.1, 0.15) is 66.2 Å². The molecule has 0 aromatic carbocycles. The summed E-state index contributed by atoms with van der Waals surface area (Å²) in [5, 5.41) is 8.90. The Kier molecular flexibility index (Phi) is 5.64. The zero-order valence-electron chi connectivity index (χ0n) is 12.4. The molecule has 3 nitrogen and oxygen atoms in total. The van der Waals surface area contributed by atoms with Crippen LogP contribution in [0.5, 0.6) is 0 Å². The lowest BCUT2D eigenvalue weighted by Crippen LogP contribution is -2.48. The van der Waals surface area contributed by atoms with Crippen molar-refractivity contribution in [1.82, 2.24) is 4.90 Å². The van der Waals surface area contributed by atoms with Crippen molar-refractivity contribution < 1.29 is 9.90 Å². The highest BCUT2D eigenvalue weighted by molar-refractivity contribution is 5.66. The van der Waals surface area contributed by atoms with Gasteiger partial charge in [0.2, 0.25) is 0 Å². The smallest absolute Gasteiger partial charge is 0.304 e. The van der Waals surface area contributed by atoms with Gasteiger partial charge in [-0.15, -0.1) is 0 Å². The average molecular weight is 255 g/mol. The first-order valence-electron chi connectivity index (χ1n) is 7.29. The maximum absolute atomic E-state index is 10.8. The summed E-state index contributed by atoms with van der Waals surface area (Å²) in [7, 11) is 0. The Morgan fingerprint density at radius 3 is 2.44 bits per heavy atom. The van der Waals surface area contributed by atoms with E-state index in [1.165, 1.54) is 32.1 Å². The average Bonchev–Trinajstić information content (AvgIpc) is 2.41. The largest absolute Gasteiger partial charge is 0.481 e. The van der Waals surface area contributed by atoms with E-state index < -0.39 is 5.97 Å². The minimum absolute atomic E-state index is 0.0632. The fourth-order valence-electron chi connectivity index (χ4n) is 3.06. The third-order valence-electron chi connectivity index (χ3n) is 4.10. The van der Waals surface area contributed by atoms with E-state index in [2.05, 4.69) is 32.6 Å². The number of carboxylic acids is 1. The molecule has 0 bridgehead atoms. The monoisotopic (exact) mass is 255 g/mol. The van der Waals surface area contributed by atoms with Gasteiger partial charge < -0.3 is 5.11 Å². The normalized spacial score (nSPS) is 26.1. The molecule has 1 saturated carbocycles. The highest BCUT2D eigenvalue weighted by atomic mass is 16.4. The quantitative estimate of drug-likeness (QED) is 0.781. The Balaban J connectivity index is 2.66. The van der Waals surface area contributed by atoms with Crippen LogP contribution in [0.4, 0.5) is 0 Å². The second kappa shape index (κ2) is 6.55. The van der Waals surface area contributed by atoms with Gasteiger partial charge in [0.05, 0.1) is 6.42 Å². The molecule has 1 N–H and O–H groups in total. The van der Waals surface area contributed by atoms with Crippen LogP contribution in [-0.2, 0) is 4.79 Å². The highest BCUT2D eigenvalue weighted by Gasteiger charge is 2.30. The number of hydrogen-bond acceptors (Lipinski definition) is 2.